The summed E-state index contributed by atoms with van der Waals surface area (Å²) in [6, 6.07) is 74.5. The maximum atomic E-state index is 2.51. The fourth-order valence-corrected chi connectivity index (χ4v) is 11.7. The van der Waals surface area contributed by atoms with Crippen molar-refractivity contribution in [3.8, 4) is 39.1 Å². The third kappa shape index (κ3) is 4.51. The van der Waals surface area contributed by atoms with Crippen molar-refractivity contribution in [1.82, 2.24) is 4.57 Å². The first-order chi connectivity index (χ1) is 29.1. The molecular weight excluding hydrogens is 733 g/mol. The lowest BCUT2D eigenvalue weighted by molar-refractivity contribution is 0.702. The van der Waals surface area contributed by atoms with Crippen molar-refractivity contribution in [2.24, 2.45) is 0 Å². The van der Waals surface area contributed by atoms with E-state index < -0.39 is 0 Å². The second-order valence-electron chi connectivity index (χ2n) is 16.2. The quantitative estimate of drug-likeness (QED) is 0.173. The van der Waals surface area contributed by atoms with Crippen LogP contribution in [0.25, 0.3) is 81.0 Å². The van der Waals surface area contributed by atoms with E-state index in [0.29, 0.717) is 0 Å². The molecule has 0 bridgehead atoms. The largest absolute Gasteiger partial charge is 0.310 e. The van der Waals surface area contributed by atoms with Crippen LogP contribution >= 0.6 is 11.3 Å². The molecule has 3 heterocycles. The topological polar surface area (TPSA) is 8.17 Å². The Hall–Kier alpha value is -7.20. The molecule has 1 aliphatic heterocycles. The van der Waals surface area contributed by atoms with Crippen LogP contribution in [-0.2, 0) is 5.41 Å². The number of aromatic nitrogens is 1. The molecule has 13 rings (SSSR count). The highest BCUT2D eigenvalue weighted by Crippen LogP contribution is 2.62. The second-order valence-corrected chi connectivity index (χ2v) is 17.3. The molecule has 0 saturated carbocycles. The Kier molecular flexibility index (Phi) is 6.77. The lowest BCUT2D eigenvalue weighted by atomic mass is 9.70. The van der Waals surface area contributed by atoms with E-state index in [0.717, 1.165) is 5.69 Å². The van der Waals surface area contributed by atoms with Gasteiger partial charge in [-0.25, -0.2) is 0 Å². The van der Waals surface area contributed by atoms with E-state index in [2.05, 4.69) is 217 Å². The van der Waals surface area contributed by atoms with Crippen LogP contribution in [0.4, 0.5) is 17.1 Å². The first kappa shape index (κ1) is 32.8. The van der Waals surface area contributed by atoms with Crippen LogP contribution in [0.1, 0.15) is 23.6 Å². The lowest BCUT2D eigenvalue weighted by Crippen LogP contribution is -2.32. The van der Waals surface area contributed by atoms with Gasteiger partial charge in [-0.15, -0.1) is 11.3 Å². The number of hydrogen-bond acceptors (Lipinski definition) is 2. The maximum Gasteiger partial charge on any atom is 0.0547 e. The van der Waals surface area contributed by atoms with Crippen molar-refractivity contribution < 1.29 is 0 Å². The Labute approximate surface area is 346 Å². The molecule has 2 nitrogen and oxygen atoms in total. The van der Waals surface area contributed by atoms with Gasteiger partial charge in [0.1, 0.15) is 0 Å². The minimum atomic E-state index is -0.338. The molecule has 276 valence electrons. The van der Waals surface area contributed by atoms with E-state index in [-0.39, 0.29) is 5.41 Å². The molecule has 2 aliphatic rings. The molecule has 0 saturated heterocycles. The van der Waals surface area contributed by atoms with Crippen molar-refractivity contribution in [3.05, 3.63) is 217 Å². The van der Waals surface area contributed by atoms with Crippen LogP contribution in [0.2, 0.25) is 0 Å². The maximum absolute atomic E-state index is 2.51. The number of hydrogen-bond donors (Lipinski definition) is 0. The zero-order valence-electron chi connectivity index (χ0n) is 32.4. The third-order valence-corrected chi connectivity index (χ3v) is 14.3. The standard InChI is InChI=1S/C56H36N2S/c1-56-46-20-8-5-15-41(46)43-19-12-23-51(55(43)56)58(39-29-25-35(26-30-39)36-28-32-53-45(33-36)42-16-7-10-24-52(42)59-53)49-31-27-37(34-47(49)56)40-18-11-22-50-54(40)44-17-6-9-21-48(44)57(50)38-13-3-2-4-14-38/h2-34H,1H3. The number of thiophene rings is 1. The van der Waals surface area contributed by atoms with E-state index >= 15 is 0 Å². The smallest absolute Gasteiger partial charge is 0.0547 e. The van der Waals surface area contributed by atoms with E-state index in [4.69, 9.17) is 0 Å². The Bertz CT molecular complexity index is 3520. The zero-order valence-corrected chi connectivity index (χ0v) is 33.2. The monoisotopic (exact) mass is 768 g/mol. The summed E-state index contributed by atoms with van der Waals surface area (Å²) in [5.41, 5.74) is 18.5. The summed E-state index contributed by atoms with van der Waals surface area (Å²) in [5, 5.41) is 5.20. The molecule has 1 unspecified atom stereocenters. The van der Waals surface area contributed by atoms with E-state index in [1.54, 1.807) is 0 Å². The van der Waals surface area contributed by atoms with Crippen molar-refractivity contribution in [1.29, 1.82) is 0 Å². The predicted octanol–water partition coefficient (Wildman–Crippen LogP) is 15.6. The van der Waals surface area contributed by atoms with Crippen LogP contribution in [0.3, 0.4) is 0 Å². The van der Waals surface area contributed by atoms with Crippen LogP contribution < -0.4 is 4.90 Å². The SMILES string of the molecule is CC12c3ccccc3-c3cccc(c31)N(c1ccc(-c3ccc4sc5ccccc5c4c3)cc1)c1ccc(-c3cccc4c3c3ccccc3n4-c3ccccc3)cc12. The first-order valence-electron chi connectivity index (χ1n) is 20.4. The molecule has 1 atom stereocenters. The van der Waals surface area contributed by atoms with Gasteiger partial charge in [-0.05, 0) is 130 Å². The first-order valence-corrected chi connectivity index (χ1v) is 21.2. The number of rotatable bonds is 4. The Balaban J connectivity index is 1.01. The fraction of sp³-hybridized carbons (Fsp3) is 0.0357. The molecule has 3 heteroatoms. The van der Waals surface area contributed by atoms with Gasteiger partial charge in [0.05, 0.1) is 22.4 Å². The lowest BCUT2D eigenvalue weighted by Gasteiger charge is -2.42. The van der Waals surface area contributed by atoms with Gasteiger partial charge in [-0.1, -0.05) is 127 Å². The molecule has 0 N–H and O–H groups in total. The van der Waals surface area contributed by atoms with Crippen LogP contribution in [0.15, 0.2) is 200 Å². The van der Waals surface area contributed by atoms with Gasteiger partial charge in [0.2, 0.25) is 0 Å². The van der Waals surface area contributed by atoms with Crippen molar-refractivity contribution >= 4 is 70.4 Å². The van der Waals surface area contributed by atoms with Gasteiger partial charge in [0.25, 0.3) is 0 Å². The van der Waals surface area contributed by atoms with Gasteiger partial charge in [-0.3, -0.25) is 0 Å². The summed E-state index contributed by atoms with van der Waals surface area (Å²) < 4.78 is 5.08. The van der Waals surface area contributed by atoms with E-state index in [9.17, 15) is 0 Å². The Morgan fingerprint density at radius 1 is 0.407 bits per heavy atom. The average molecular weight is 769 g/mol. The Morgan fingerprint density at radius 3 is 1.98 bits per heavy atom. The van der Waals surface area contributed by atoms with Crippen molar-refractivity contribution in [2.45, 2.75) is 12.3 Å². The van der Waals surface area contributed by atoms with Gasteiger partial charge in [0.15, 0.2) is 0 Å². The third-order valence-electron chi connectivity index (χ3n) is 13.2. The van der Waals surface area contributed by atoms with Crippen LogP contribution in [-0.4, -0.2) is 4.57 Å². The van der Waals surface area contributed by atoms with Gasteiger partial charge in [0, 0.05) is 47.7 Å². The van der Waals surface area contributed by atoms with Gasteiger partial charge < -0.3 is 9.47 Å². The minimum absolute atomic E-state index is 0.338. The molecule has 0 amide bonds. The molecule has 59 heavy (non-hydrogen) atoms. The number of anilines is 3. The van der Waals surface area contributed by atoms with Gasteiger partial charge in [-0.2, -0.15) is 0 Å². The van der Waals surface area contributed by atoms with Crippen molar-refractivity contribution in [2.75, 3.05) is 4.90 Å². The molecule has 11 aromatic rings. The summed E-state index contributed by atoms with van der Waals surface area (Å²) in [7, 11) is 0. The highest BCUT2D eigenvalue weighted by Gasteiger charge is 2.48. The molecule has 1 aliphatic carbocycles. The molecule has 0 spiro atoms. The van der Waals surface area contributed by atoms with E-state index in [1.807, 2.05) is 11.3 Å². The summed E-state index contributed by atoms with van der Waals surface area (Å²) in [4.78, 5) is 2.51. The number of fused-ring (bicyclic) bond motifs is 11. The molecule has 9 aromatic carbocycles. The average Bonchev–Trinajstić information content (AvgIpc) is 3.93. The number of nitrogens with zero attached hydrogens (tertiary/aromatic N) is 2. The summed E-state index contributed by atoms with van der Waals surface area (Å²) in [5.74, 6) is 0. The van der Waals surface area contributed by atoms with E-state index in [1.165, 1.54) is 109 Å². The summed E-state index contributed by atoms with van der Waals surface area (Å²) >= 11 is 1.87. The number of para-hydroxylation sites is 2. The highest BCUT2D eigenvalue weighted by molar-refractivity contribution is 7.25. The zero-order chi connectivity index (χ0) is 38.8. The predicted molar refractivity (Wildman–Crippen MR) is 250 cm³/mol. The van der Waals surface area contributed by atoms with Crippen LogP contribution in [0, 0.1) is 0 Å². The Morgan fingerprint density at radius 2 is 1.08 bits per heavy atom. The number of benzene rings is 9. The normalized spacial score (nSPS) is 15.2. The van der Waals surface area contributed by atoms with Crippen LogP contribution in [0.5, 0.6) is 0 Å². The molecular formula is C56H36N2S. The fourth-order valence-electron chi connectivity index (χ4n) is 10.6. The van der Waals surface area contributed by atoms with Gasteiger partial charge >= 0.3 is 0 Å². The van der Waals surface area contributed by atoms with Crippen molar-refractivity contribution in [3.63, 3.8) is 0 Å². The summed E-state index contributed by atoms with van der Waals surface area (Å²) in [6.07, 6.45) is 0. The highest BCUT2D eigenvalue weighted by atomic mass is 32.1. The molecule has 2 aromatic heterocycles. The second kappa shape index (κ2) is 12.2. The molecule has 0 radical (unpaired) electrons. The minimum Gasteiger partial charge on any atom is -0.310 e. The summed E-state index contributed by atoms with van der Waals surface area (Å²) in [6.45, 7) is 2.45. The molecule has 0 fully saturated rings.